The summed E-state index contributed by atoms with van der Waals surface area (Å²) in [7, 11) is 3.42. The molecule has 1 aliphatic carbocycles. The highest BCUT2D eigenvalue weighted by Crippen LogP contribution is 2.49. The number of Topliss-reactive ketones (excluding diaryl/α,β-unsaturated/α-hetero) is 2. The number of nitrogens with zero attached hydrogens (tertiary/aromatic N) is 4. The van der Waals surface area contributed by atoms with Crippen LogP contribution in [0.4, 0.5) is 4.39 Å². The van der Waals surface area contributed by atoms with Crippen LogP contribution < -0.4 is 9.47 Å². The van der Waals surface area contributed by atoms with E-state index in [4.69, 9.17) is 14.5 Å². The van der Waals surface area contributed by atoms with Crippen LogP contribution in [-0.4, -0.2) is 38.4 Å². The maximum Gasteiger partial charge on any atom is 0.156 e. The molecule has 0 radical (unpaired) electrons. The number of carbonyl (C=O) groups is 2. The number of halogens is 1. The summed E-state index contributed by atoms with van der Waals surface area (Å²) >= 11 is 0. The Morgan fingerprint density at radius 3 is 2.15 bits per heavy atom. The molecule has 0 spiro atoms. The minimum atomic E-state index is -0.933. The van der Waals surface area contributed by atoms with Gasteiger partial charge in [0.2, 0.25) is 0 Å². The van der Waals surface area contributed by atoms with E-state index >= 15 is 0 Å². The topological polar surface area (TPSA) is 96.2 Å². The zero-order valence-corrected chi connectivity index (χ0v) is 22.6. The van der Waals surface area contributed by atoms with E-state index in [2.05, 4.69) is 10.1 Å². The van der Waals surface area contributed by atoms with Crippen LogP contribution in [0.3, 0.4) is 0 Å². The number of carbonyl (C=O) groups excluding carboxylic acids is 2. The minimum absolute atomic E-state index is 0.0840. The van der Waals surface area contributed by atoms with E-state index in [0.717, 1.165) is 11.3 Å². The number of aromatic nitrogens is 4. The van der Waals surface area contributed by atoms with Crippen molar-refractivity contribution < 1.29 is 23.5 Å². The number of hydrogen-bond acceptors (Lipinski definition) is 7. The van der Waals surface area contributed by atoms with Crippen molar-refractivity contribution in [2.45, 2.75) is 25.7 Å². The molecule has 6 rings (SSSR count). The fraction of sp³-hybridized carbons (Fsp3) is 0.219. The van der Waals surface area contributed by atoms with Gasteiger partial charge in [0, 0.05) is 44.4 Å². The SMILES string of the molecule is COc1cc2nccc(Oc3ccc(CC(=O)C4(C(=O)Cc5ccc(F)cc5)CC4)cc3)c2nc1-c1ccnn1C. The third kappa shape index (κ3) is 5.18. The van der Waals surface area contributed by atoms with Gasteiger partial charge in [-0.25, -0.2) is 9.37 Å². The third-order valence-electron chi connectivity index (χ3n) is 7.54. The molecule has 0 bridgehead atoms. The van der Waals surface area contributed by atoms with Gasteiger partial charge in [-0.1, -0.05) is 24.3 Å². The van der Waals surface area contributed by atoms with Crippen LogP contribution in [-0.2, 0) is 29.5 Å². The van der Waals surface area contributed by atoms with Gasteiger partial charge >= 0.3 is 0 Å². The molecule has 5 aromatic rings. The Hall–Kier alpha value is -4.92. The van der Waals surface area contributed by atoms with E-state index in [1.807, 2.05) is 31.3 Å². The number of methoxy groups -OCH3 is 1. The average molecular weight is 551 g/mol. The highest BCUT2D eigenvalue weighted by Gasteiger charge is 2.54. The predicted molar refractivity (Wildman–Crippen MR) is 150 cm³/mol. The van der Waals surface area contributed by atoms with Crippen molar-refractivity contribution in [3.05, 3.63) is 96.1 Å². The van der Waals surface area contributed by atoms with Gasteiger partial charge in [0.1, 0.15) is 28.5 Å². The lowest BCUT2D eigenvalue weighted by molar-refractivity contribution is -0.133. The quantitative estimate of drug-likeness (QED) is 0.207. The Labute approximate surface area is 235 Å². The van der Waals surface area contributed by atoms with E-state index in [0.29, 0.717) is 52.4 Å². The van der Waals surface area contributed by atoms with Gasteiger partial charge in [0.05, 0.1) is 23.7 Å². The van der Waals surface area contributed by atoms with Crippen molar-refractivity contribution >= 4 is 22.6 Å². The molecule has 41 heavy (non-hydrogen) atoms. The maximum atomic E-state index is 13.2. The smallest absolute Gasteiger partial charge is 0.156 e. The number of ether oxygens (including phenoxy) is 2. The molecule has 2 aromatic carbocycles. The summed E-state index contributed by atoms with van der Waals surface area (Å²) in [5, 5.41) is 4.24. The van der Waals surface area contributed by atoms with Gasteiger partial charge < -0.3 is 9.47 Å². The van der Waals surface area contributed by atoms with Crippen LogP contribution >= 0.6 is 0 Å². The Bertz CT molecular complexity index is 1760. The molecular weight excluding hydrogens is 523 g/mol. The standard InChI is InChI=1S/C32H27FN4O4/c1-37-25(11-16-35-37)31-27(40-2)19-24-30(36-31)26(12-15-34-24)41-23-9-5-21(6-10-23)18-29(39)32(13-14-32)28(38)17-20-3-7-22(33)8-4-20/h3-12,15-16,19H,13-14,17-18H2,1-2H3. The van der Waals surface area contributed by atoms with E-state index < -0.39 is 5.41 Å². The average Bonchev–Trinajstić information content (AvgIpc) is 3.70. The lowest BCUT2D eigenvalue weighted by Crippen LogP contribution is -2.28. The fourth-order valence-electron chi connectivity index (χ4n) is 5.01. The zero-order chi connectivity index (χ0) is 28.6. The number of rotatable bonds is 10. The number of aryl methyl sites for hydroxylation is 1. The van der Waals surface area contributed by atoms with Gasteiger partial charge in [-0.05, 0) is 54.3 Å². The Morgan fingerprint density at radius 2 is 1.56 bits per heavy atom. The second-order valence-electron chi connectivity index (χ2n) is 10.2. The molecule has 3 aromatic heterocycles. The number of fused-ring (bicyclic) bond motifs is 1. The summed E-state index contributed by atoms with van der Waals surface area (Å²) in [6, 6.07) is 18.5. The Morgan fingerprint density at radius 1 is 0.902 bits per heavy atom. The minimum Gasteiger partial charge on any atom is -0.494 e. The van der Waals surface area contributed by atoms with Gasteiger partial charge in [0.25, 0.3) is 0 Å². The third-order valence-corrected chi connectivity index (χ3v) is 7.54. The van der Waals surface area contributed by atoms with Crippen LogP contribution in [0.2, 0.25) is 0 Å². The second-order valence-corrected chi connectivity index (χ2v) is 10.2. The summed E-state index contributed by atoms with van der Waals surface area (Å²) in [6.07, 6.45) is 4.74. The second kappa shape index (κ2) is 10.6. The lowest BCUT2D eigenvalue weighted by Gasteiger charge is -2.14. The van der Waals surface area contributed by atoms with Crippen LogP contribution in [0.5, 0.6) is 17.2 Å². The summed E-state index contributed by atoms with van der Waals surface area (Å²) in [6.45, 7) is 0. The van der Waals surface area contributed by atoms with Crippen LogP contribution in [0, 0.1) is 11.2 Å². The van der Waals surface area contributed by atoms with E-state index in [1.165, 1.54) is 12.1 Å². The zero-order valence-electron chi connectivity index (χ0n) is 22.6. The molecule has 1 fully saturated rings. The van der Waals surface area contributed by atoms with Crippen molar-refractivity contribution in [3.63, 3.8) is 0 Å². The molecule has 206 valence electrons. The molecule has 1 saturated carbocycles. The van der Waals surface area contributed by atoms with Gasteiger partial charge in [-0.2, -0.15) is 5.10 Å². The fourth-order valence-corrected chi connectivity index (χ4v) is 5.01. The molecule has 0 aliphatic heterocycles. The normalized spacial score (nSPS) is 13.6. The highest BCUT2D eigenvalue weighted by molar-refractivity contribution is 6.10. The van der Waals surface area contributed by atoms with Crippen molar-refractivity contribution in [2.75, 3.05) is 7.11 Å². The summed E-state index contributed by atoms with van der Waals surface area (Å²) in [5.41, 5.74) is 3.17. The van der Waals surface area contributed by atoms with Crippen LogP contribution in [0.15, 0.2) is 79.1 Å². The molecule has 1 aliphatic rings. The van der Waals surface area contributed by atoms with E-state index in [9.17, 15) is 14.0 Å². The largest absolute Gasteiger partial charge is 0.494 e. The first-order valence-electron chi connectivity index (χ1n) is 13.3. The van der Waals surface area contributed by atoms with Crippen molar-refractivity contribution in [1.29, 1.82) is 0 Å². The van der Waals surface area contributed by atoms with Crippen LogP contribution in [0.25, 0.3) is 22.4 Å². The molecule has 0 N–H and O–H groups in total. The van der Waals surface area contributed by atoms with Gasteiger partial charge in [-0.3, -0.25) is 19.3 Å². The summed E-state index contributed by atoms with van der Waals surface area (Å²) in [5.74, 6) is 1.13. The summed E-state index contributed by atoms with van der Waals surface area (Å²) in [4.78, 5) is 35.4. The van der Waals surface area contributed by atoms with Crippen molar-refractivity contribution in [2.24, 2.45) is 12.5 Å². The van der Waals surface area contributed by atoms with Crippen LogP contribution in [0.1, 0.15) is 24.0 Å². The maximum absolute atomic E-state index is 13.2. The first-order valence-corrected chi connectivity index (χ1v) is 13.3. The molecule has 0 unspecified atom stereocenters. The number of benzene rings is 2. The Kier molecular flexibility index (Phi) is 6.78. The number of pyridine rings is 2. The van der Waals surface area contributed by atoms with E-state index in [1.54, 1.807) is 54.5 Å². The highest BCUT2D eigenvalue weighted by atomic mass is 19.1. The summed E-state index contributed by atoms with van der Waals surface area (Å²) < 4.78 is 26.7. The molecule has 0 amide bonds. The molecule has 3 heterocycles. The van der Waals surface area contributed by atoms with E-state index in [-0.39, 0.29) is 30.2 Å². The monoisotopic (exact) mass is 550 g/mol. The number of ketones is 2. The lowest BCUT2D eigenvalue weighted by atomic mass is 9.88. The predicted octanol–water partition coefficient (Wildman–Crippen LogP) is 5.67. The molecule has 0 atom stereocenters. The molecular formula is C32H27FN4O4. The molecule has 9 heteroatoms. The Balaban J connectivity index is 1.18. The van der Waals surface area contributed by atoms with Crippen molar-refractivity contribution in [1.82, 2.24) is 19.7 Å². The van der Waals surface area contributed by atoms with Gasteiger partial charge in [-0.15, -0.1) is 0 Å². The first kappa shape index (κ1) is 26.3. The van der Waals surface area contributed by atoms with Crippen molar-refractivity contribution in [3.8, 4) is 28.6 Å². The molecule has 8 nitrogen and oxygen atoms in total. The number of hydrogen-bond donors (Lipinski definition) is 0. The molecule has 0 saturated heterocycles. The first-order chi connectivity index (χ1) is 19.9. The van der Waals surface area contributed by atoms with Gasteiger partial charge in [0.15, 0.2) is 17.3 Å².